The quantitative estimate of drug-likeness (QED) is 0.733. The molecule has 0 fully saturated rings. The van der Waals surface area contributed by atoms with E-state index in [2.05, 4.69) is 10.1 Å². The van der Waals surface area contributed by atoms with Crippen LogP contribution in [0.1, 0.15) is 13.0 Å². The molecule has 0 bridgehead atoms. The van der Waals surface area contributed by atoms with Crippen LogP contribution in [0.5, 0.6) is 5.75 Å². The first kappa shape index (κ1) is 13.4. The van der Waals surface area contributed by atoms with Gasteiger partial charge in [-0.1, -0.05) is 6.07 Å². The van der Waals surface area contributed by atoms with Gasteiger partial charge in [0.15, 0.2) is 0 Å². The van der Waals surface area contributed by atoms with E-state index in [1.54, 1.807) is 34.9 Å². The summed E-state index contributed by atoms with van der Waals surface area (Å²) in [6.07, 6.45) is 5.17. The van der Waals surface area contributed by atoms with E-state index in [1.807, 2.05) is 31.3 Å². The molecule has 108 valence electrons. The van der Waals surface area contributed by atoms with E-state index in [9.17, 15) is 4.79 Å². The smallest absolute Gasteiger partial charge is 0.265 e. The summed E-state index contributed by atoms with van der Waals surface area (Å²) < 4.78 is 8.69. The molecule has 1 atom stereocenters. The number of nitrogens with zero attached hydrogens (tertiary/aromatic N) is 4. The Morgan fingerprint density at radius 1 is 1.33 bits per heavy atom. The molecule has 21 heavy (non-hydrogen) atoms. The molecule has 0 saturated carbocycles. The Bertz CT molecular complexity index is 808. The summed E-state index contributed by atoms with van der Waals surface area (Å²) in [5, 5.41) is 4.67. The highest BCUT2D eigenvalue weighted by atomic mass is 16.5. The summed E-state index contributed by atoms with van der Waals surface area (Å²) in [5.74, 6) is 0.547. The third-order valence-electron chi connectivity index (χ3n) is 3.48. The van der Waals surface area contributed by atoms with Gasteiger partial charge in [0.1, 0.15) is 11.1 Å². The molecule has 2 heterocycles. The van der Waals surface area contributed by atoms with E-state index in [4.69, 9.17) is 4.74 Å². The van der Waals surface area contributed by atoms with Crippen molar-refractivity contribution in [1.82, 2.24) is 19.3 Å². The number of fused-ring (bicyclic) bond motifs is 1. The predicted molar refractivity (Wildman–Crippen MR) is 79.5 cm³/mol. The molecule has 0 unspecified atom stereocenters. The summed E-state index contributed by atoms with van der Waals surface area (Å²) in [5.41, 5.74) is 0.541. The summed E-state index contributed by atoms with van der Waals surface area (Å²) >= 11 is 0. The topological polar surface area (TPSA) is 61.9 Å². The average molecular weight is 284 g/mol. The van der Waals surface area contributed by atoms with Crippen molar-refractivity contribution >= 4 is 10.9 Å². The predicted octanol–water partition coefficient (Wildman–Crippen LogP) is 1.86. The van der Waals surface area contributed by atoms with E-state index >= 15 is 0 Å². The van der Waals surface area contributed by atoms with Crippen LogP contribution in [0.2, 0.25) is 0 Å². The first-order valence-corrected chi connectivity index (χ1v) is 6.72. The zero-order valence-electron chi connectivity index (χ0n) is 11.9. The van der Waals surface area contributed by atoms with Crippen LogP contribution in [0.3, 0.4) is 0 Å². The molecule has 0 aliphatic heterocycles. The summed E-state index contributed by atoms with van der Waals surface area (Å²) in [6, 6.07) is 7.21. The van der Waals surface area contributed by atoms with Crippen molar-refractivity contribution in [1.29, 1.82) is 0 Å². The van der Waals surface area contributed by atoms with Gasteiger partial charge in [0.2, 0.25) is 0 Å². The monoisotopic (exact) mass is 284 g/mol. The lowest BCUT2D eigenvalue weighted by molar-refractivity contribution is 0.413. The zero-order valence-corrected chi connectivity index (χ0v) is 11.9. The van der Waals surface area contributed by atoms with Crippen molar-refractivity contribution in [3.05, 3.63) is 53.3 Å². The fraction of sp³-hybridized carbons (Fsp3) is 0.267. The highest BCUT2D eigenvalue weighted by Crippen LogP contribution is 2.20. The van der Waals surface area contributed by atoms with Crippen molar-refractivity contribution in [3.8, 4) is 5.75 Å². The van der Waals surface area contributed by atoms with E-state index in [-0.39, 0.29) is 11.6 Å². The third-order valence-corrected chi connectivity index (χ3v) is 3.48. The molecule has 1 aromatic carbocycles. The molecule has 0 N–H and O–H groups in total. The van der Waals surface area contributed by atoms with E-state index in [0.29, 0.717) is 23.2 Å². The van der Waals surface area contributed by atoms with Gasteiger partial charge in [-0.2, -0.15) is 5.10 Å². The highest BCUT2D eigenvalue weighted by Gasteiger charge is 2.13. The van der Waals surface area contributed by atoms with Crippen LogP contribution in [-0.4, -0.2) is 26.4 Å². The molecule has 0 saturated heterocycles. The largest absolute Gasteiger partial charge is 0.496 e. The SMILES string of the molecule is COc1cccc2ncn([C@H](C)Cn3cccn3)c(=O)c12. The fourth-order valence-corrected chi connectivity index (χ4v) is 2.40. The molecule has 3 rings (SSSR count). The molecule has 0 aliphatic rings. The number of aromatic nitrogens is 4. The van der Waals surface area contributed by atoms with Crippen LogP contribution in [0.15, 0.2) is 47.8 Å². The number of rotatable bonds is 4. The standard InChI is InChI=1S/C15H16N4O2/c1-11(9-18-8-4-7-17-18)19-10-16-12-5-3-6-13(21-2)14(12)15(19)20/h3-8,10-11H,9H2,1-2H3/t11-/m1/s1. The second-order valence-corrected chi connectivity index (χ2v) is 4.89. The van der Waals surface area contributed by atoms with Crippen LogP contribution in [0.25, 0.3) is 10.9 Å². The molecule has 6 nitrogen and oxygen atoms in total. The van der Waals surface area contributed by atoms with Gasteiger partial charge in [-0.25, -0.2) is 4.98 Å². The fourth-order valence-electron chi connectivity index (χ4n) is 2.40. The van der Waals surface area contributed by atoms with E-state index in [1.165, 1.54) is 0 Å². The van der Waals surface area contributed by atoms with Gasteiger partial charge in [-0.15, -0.1) is 0 Å². The molecule has 6 heteroatoms. The molecular weight excluding hydrogens is 268 g/mol. The normalized spacial score (nSPS) is 12.5. The number of hydrogen-bond acceptors (Lipinski definition) is 4. The maximum absolute atomic E-state index is 12.7. The molecule has 0 spiro atoms. The minimum atomic E-state index is -0.0999. The van der Waals surface area contributed by atoms with E-state index < -0.39 is 0 Å². The molecule has 0 aliphatic carbocycles. The van der Waals surface area contributed by atoms with Crippen LogP contribution < -0.4 is 10.3 Å². The lowest BCUT2D eigenvalue weighted by Gasteiger charge is -2.16. The van der Waals surface area contributed by atoms with Crippen LogP contribution in [0, 0.1) is 0 Å². The van der Waals surface area contributed by atoms with Crippen molar-refractivity contribution in [2.45, 2.75) is 19.5 Å². The first-order valence-electron chi connectivity index (χ1n) is 6.72. The average Bonchev–Trinajstić information content (AvgIpc) is 2.99. The Morgan fingerprint density at radius 3 is 2.90 bits per heavy atom. The lowest BCUT2D eigenvalue weighted by atomic mass is 10.2. The number of hydrogen-bond donors (Lipinski definition) is 0. The van der Waals surface area contributed by atoms with Crippen LogP contribution >= 0.6 is 0 Å². The molecule has 0 radical (unpaired) electrons. The highest BCUT2D eigenvalue weighted by molar-refractivity contribution is 5.83. The minimum absolute atomic E-state index is 0.0563. The Labute approximate surface area is 121 Å². The Kier molecular flexibility index (Phi) is 3.43. The molecular formula is C15H16N4O2. The van der Waals surface area contributed by atoms with Gasteiger partial charge in [0.05, 0.1) is 31.5 Å². The summed E-state index contributed by atoms with van der Waals surface area (Å²) in [7, 11) is 1.55. The second kappa shape index (κ2) is 5.40. The maximum Gasteiger partial charge on any atom is 0.265 e. The van der Waals surface area contributed by atoms with Gasteiger partial charge >= 0.3 is 0 Å². The van der Waals surface area contributed by atoms with Gasteiger partial charge in [-0.05, 0) is 25.1 Å². The first-order chi connectivity index (χ1) is 10.2. The lowest BCUT2D eigenvalue weighted by Crippen LogP contribution is -2.26. The third kappa shape index (κ3) is 2.40. The number of methoxy groups -OCH3 is 1. The van der Waals surface area contributed by atoms with Crippen molar-refractivity contribution in [2.24, 2.45) is 0 Å². The zero-order chi connectivity index (χ0) is 14.8. The second-order valence-electron chi connectivity index (χ2n) is 4.89. The van der Waals surface area contributed by atoms with Crippen molar-refractivity contribution in [2.75, 3.05) is 7.11 Å². The minimum Gasteiger partial charge on any atom is -0.496 e. The summed E-state index contributed by atoms with van der Waals surface area (Å²) in [6.45, 7) is 2.57. The molecule has 3 aromatic rings. The Hall–Kier alpha value is -2.63. The van der Waals surface area contributed by atoms with Gasteiger partial charge in [0.25, 0.3) is 5.56 Å². The Morgan fingerprint density at radius 2 is 2.19 bits per heavy atom. The van der Waals surface area contributed by atoms with Gasteiger partial charge in [-0.3, -0.25) is 14.0 Å². The number of benzene rings is 1. The van der Waals surface area contributed by atoms with E-state index in [0.717, 1.165) is 0 Å². The van der Waals surface area contributed by atoms with Gasteiger partial charge < -0.3 is 4.74 Å². The number of ether oxygens (including phenoxy) is 1. The van der Waals surface area contributed by atoms with Crippen molar-refractivity contribution < 1.29 is 4.74 Å². The van der Waals surface area contributed by atoms with Crippen LogP contribution in [-0.2, 0) is 6.54 Å². The molecule has 0 amide bonds. The molecule has 2 aromatic heterocycles. The maximum atomic E-state index is 12.7. The summed E-state index contributed by atoms with van der Waals surface area (Å²) in [4.78, 5) is 17.0. The Balaban J connectivity index is 2.07. The van der Waals surface area contributed by atoms with Crippen molar-refractivity contribution in [3.63, 3.8) is 0 Å². The van der Waals surface area contributed by atoms with Gasteiger partial charge in [0, 0.05) is 12.4 Å². The van der Waals surface area contributed by atoms with Crippen LogP contribution in [0.4, 0.5) is 0 Å².